The van der Waals surface area contributed by atoms with E-state index in [1.165, 1.54) is 11.1 Å². The molecule has 0 spiro atoms. The van der Waals surface area contributed by atoms with Gasteiger partial charge in [-0.05, 0) is 44.7 Å². The lowest BCUT2D eigenvalue weighted by atomic mass is 9.92. The number of aryl methyl sites for hydroxylation is 3. The van der Waals surface area contributed by atoms with Crippen LogP contribution in [0.4, 0.5) is 0 Å². The minimum atomic E-state index is 0.103. The Labute approximate surface area is 147 Å². The molecular formula is C19H24N2O2S. The molecule has 5 heteroatoms. The van der Waals surface area contributed by atoms with Gasteiger partial charge in [-0.25, -0.2) is 0 Å². The summed E-state index contributed by atoms with van der Waals surface area (Å²) >= 11 is 1.61. The molecule has 1 heterocycles. The van der Waals surface area contributed by atoms with E-state index >= 15 is 0 Å². The van der Waals surface area contributed by atoms with Crippen molar-refractivity contribution in [3.8, 4) is 0 Å². The molecule has 1 aliphatic rings. The fourth-order valence-corrected chi connectivity index (χ4v) is 4.14. The fraction of sp³-hybridized carbons (Fsp3) is 0.474. The molecule has 1 saturated carbocycles. The summed E-state index contributed by atoms with van der Waals surface area (Å²) in [6, 6.07) is 8.50. The number of hydrogen-bond donors (Lipinski definition) is 1. The molecule has 24 heavy (non-hydrogen) atoms. The summed E-state index contributed by atoms with van der Waals surface area (Å²) in [6.07, 6.45) is 2.31. The van der Waals surface area contributed by atoms with Crippen LogP contribution in [0.5, 0.6) is 0 Å². The minimum Gasteiger partial charge on any atom is -0.361 e. The molecule has 0 unspecified atom stereocenters. The third-order valence-corrected chi connectivity index (χ3v) is 5.81. The topological polar surface area (TPSA) is 55.1 Å². The van der Waals surface area contributed by atoms with Crippen LogP contribution in [-0.2, 0) is 16.0 Å². The van der Waals surface area contributed by atoms with Crippen molar-refractivity contribution < 1.29 is 9.32 Å². The normalized spacial score (nSPS) is 15.3. The Morgan fingerprint density at radius 3 is 2.67 bits per heavy atom. The van der Waals surface area contributed by atoms with Crippen molar-refractivity contribution in [1.82, 2.24) is 10.5 Å². The highest BCUT2D eigenvalue weighted by Gasteiger charge is 2.44. The molecule has 4 nitrogen and oxygen atoms in total. The van der Waals surface area contributed by atoms with Gasteiger partial charge in [0.05, 0.1) is 11.4 Å². The van der Waals surface area contributed by atoms with Crippen molar-refractivity contribution in [2.24, 2.45) is 0 Å². The van der Waals surface area contributed by atoms with E-state index in [4.69, 9.17) is 4.52 Å². The van der Waals surface area contributed by atoms with E-state index in [-0.39, 0.29) is 11.3 Å². The van der Waals surface area contributed by atoms with E-state index in [9.17, 15) is 4.79 Å². The van der Waals surface area contributed by atoms with Gasteiger partial charge in [0.1, 0.15) is 5.76 Å². The highest BCUT2D eigenvalue weighted by atomic mass is 32.2. The number of benzene rings is 1. The molecule has 1 aromatic carbocycles. The largest absolute Gasteiger partial charge is 0.361 e. The van der Waals surface area contributed by atoms with E-state index in [0.29, 0.717) is 5.75 Å². The first-order valence-corrected chi connectivity index (χ1v) is 9.50. The van der Waals surface area contributed by atoms with Gasteiger partial charge in [0, 0.05) is 23.3 Å². The molecule has 128 valence electrons. The number of nitrogens with one attached hydrogen (secondary N) is 1. The first-order chi connectivity index (χ1) is 11.5. The number of thioether (sulfide) groups is 1. The van der Waals surface area contributed by atoms with Crippen molar-refractivity contribution in [1.29, 1.82) is 0 Å². The first kappa shape index (κ1) is 17.1. The Morgan fingerprint density at radius 1 is 1.29 bits per heavy atom. The molecule has 0 saturated heterocycles. The summed E-state index contributed by atoms with van der Waals surface area (Å²) in [5, 5.41) is 7.07. The van der Waals surface area contributed by atoms with E-state index in [0.717, 1.165) is 42.2 Å². The summed E-state index contributed by atoms with van der Waals surface area (Å²) in [4.78, 5) is 12.2. The highest BCUT2D eigenvalue weighted by molar-refractivity contribution is 7.99. The molecule has 1 fully saturated rings. The van der Waals surface area contributed by atoms with Gasteiger partial charge in [-0.1, -0.05) is 29.4 Å². The molecule has 1 N–H and O–H groups in total. The molecule has 0 aliphatic heterocycles. The van der Waals surface area contributed by atoms with E-state index in [1.54, 1.807) is 11.8 Å². The van der Waals surface area contributed by atoms with E-state index < -0.39 is 0 Å². The zero-order chi connectivity index (χ0) is 17.2. The molecule has 1 aromatic heterocycles. The maximum Gasteiger partial charge on any atom is 0.230 e. The van der Waals surface area contributed by atoms with Crippen LogP contribution >= 0.6 is 11.8 Å². The summed E-state index contributed by atoms with van der Waals surface area (Å²) in [7, 11) is 0. The van der Waals surface area contributed by atoms with Crippen LogP contribution in [0.25, 0.3) is 0 Å². The molecule has 0 atom stereocenters. The Kier molecular flexibility index (Phi) is 4.99. The fourth-order valence-electron chi connectivity index (χ4n) is 3.13. The number of aromatic nitrogens is 1. The molecular weight excluding hydrogens is 320 g/mol. The summed E-state index contributed by atoms with van der Waals surface area (Å²) < 4.78 is 5.15. The van der Waals surface area contributed by atoms with Gasteiger partial charge in [-0.15, -0.1) is 11.8 Å². The second kappa shape index (κ2) is 7.01. The SMILES string of the molecule is Cc1ccccc1C1(CNC(=O)CSCc2c(C)noc2C)CC1. The number of amides is 1. The molecule has 2 aromatic rings. The minimum absolute atomic E-state index is 0.103. The van der Waals surface area contributed by atoms with Crippen molar-refractivity contribution in [3.05, 3.63) is 52.4 Å². The summed E-state index contributed by atoms with van der Waals surface area (Å²) in [5.74, 6) is 2.18. The van der Waals surface area contributed by atoms with Crippen molar-refractivity contribution in [2.45, 2.75) is 44.8 Å². The molecule has 0 bridgehead atoms. The first-order valence-electron chi connectivity index (χ1n) is 8.34. The van der Waals surface area contributed by atoms with Gasteiger partial charge in [0.15, 0.2) is 0 Å². The van der Waals surface area contributed by atoms with Crippen LogP contribution in [0.2, 0.25) is 0 Å². The van der Waals surface area contributed by atoms with Crippen LogP contribution < -0.4 is 5.32 Å². The van der Waals surface area contributed by atoms with E-state index in [1.807, 2.05) is 13.8 Å². The average Bonchev–Trinajstić information content (AvgIpc) is 3.29. The van der Waals surface area contributed by atoms with Crippen molar-refractivity contribution in [2.75, 3.05) is 12.3 Å². The number of rotatable bonds is 7. The highest BCUT2D eigenvalue weighted by Crippen LogP contribution is 2.48. The van der Waals surface area contributed by atoms with Crippen LogP contribution in [-0.4, -0.2) is 23.4 Å². The van der Waals surface area contributed by atoms with Gasteiger partial charge in [0.2, 0.25) is 5.91 Å². The molecule has 1 amide bonds. The third kappa shape index (κ3) is 3.66. The lowest BCUT2D eigenvalue weighted by Crippen LogP contribution is -2.33. The van der Waals surface area contributed by atoms with Crippen molar-refractivity contribution in [3.63, 3.8) is 0 Å². The molecule has 1 aliphatic carbocycles. The van der Waals surface area contributed by atoms with Crippen LogP contribution in [0.15, 0.2) is 28.8 Å². The Hall–Kier alpha value is -1.75. The van der Waals surface area contributed by atoms with E-state index in [2.05, 4.69) is 41.7 Å². The zero-order valence-corrected chi connectivity index (χ0v) is 15.3. The number of carbonyl (C=O) groups excluding carboxylic acids is 1. The van der Waals surface area contributed by atoms with Crippen LogP contribution in [0, 0.1) is 20.8 Å². The van der Waals surface area contributed by atoms with Gasteiger partial charge in [-0.2, -0.15) is 0 Å². The number of hydrogen-bond acceptors (Lipinski definition) is 4. The third-order valence-electron chi connectivity index (χ3n) is 4.85. The zero-order valence-electron chi connectivity index (χ0n) is 14.5. The Bertz CT molecular complexity index is 715. The smallest absolute Gasteiger partial charge is 0.230 e. The van der Waals surface area contributed by atoms with Crippen molar-refractivity contribution >= 4 is 17.7 Å². The number of carbonyl (C=O) groups is 1. The summed E-state index contributed by atoms with van der Waals surface area (Å²) in [6.45, 7) is 6.74. The maximum atomic E-state index is 12.2. The average molecular weight is 344 g/mol. The van der Waals surface area contributed by atoms with Crippen LogP contribution in [0.3, 0.4) is 0 Å². The van der Waals surface area contributed by atoms with Crippen LogP contribution in [0.1, 0.15) is 41.0 Å². The second-order valence-electron chi connectivity index (χ2n) is 6.67. The monoisotopic (exact) mass is 344 g/mol. The second-order valence-corrected chi connectivity index (χ2v) is 7.65. The Morgan fingerprint density at radius 2 is 2.04 bits per heavy atom. The summed E-state index contributed by atoms with van der Waals surface area (Å²) in [5.41, 5.74) is 4.88. The van der Waals surface area contributed by atoms with Gasteiger partial charge >= 0.3 is 0 Å². The Balaban J connectivity index is 1.47. The van der Waals surface area contributed by atoms with Gasteiger partial charge < -0.3 is 9.84 Å². The predicted molar refractivity (Wildman–Crippen MR) is 97.2 cm³/mol. The number of nitrogens with zero attached hydrogens (tertiary/aromatic N) is 1. The van der Waals surface area contributed by atoms with Gasteiger partial charge in [0.25, 0.3) is 0 Å². The lowest BCUT2D eigenvalue weighted by Gasteiger charge is -2.18. The quantitative estimate of drug-likeness (QED) is 0.832. The molecule has 0 radical (unpaired) electrons. The van der Waals surface area contributed by atoms with Gasteiger partial charge in [-0.3, -0.25) is 4.79 Å². The molecule has 3 rings (SSSR count). The lowest BCUT2D eigenvalue weighted by molar-refractivity contribution is -0.118. The predicted octanol–water partition coefficient (Wildman–Crippen LogP) is 3.68. The maximum absolute atomic E-state index is 12.2. The standard InChI is InChI=1S/C19H24N2O2S/c1-13-6-4-5-7-17(13)19(8-9-19)12-20-18(22)11-24-10-16-14(2)21-23-15(16)3/h4-7H,8-12H2,1-3H3,(H,20,22).